The van der Waals surface area contributed by atoms with Crippen molar-refractivity contribution in [1.29, 1.82) is 0 Å². The number of nitrogens with zero attached hydrogens (tertiary/aromatic N) is 1. The Bertz CT molecular complexity index is 113. The Kier molecular flexibility index (Phi) is 9.42. The molecule has 0 unspecified atom stereocenters. The molecule has 0 saturated heterocycles. The van der Waals surface area contributed by atoms with Gasteiger partial charge in [0.15, 0.2) is 0 Å². The van der Waals surface area contributed by atoms with Crippen LogP contribution >= 0.6 is 0 Å². The van der Waals surface area contributed by atoms with Crippen molar-refractivity contribution in [2.75, 3.05) is 26.2 Å². The molecule has 86 valence electrons. The lowest BCUT2D eigenvalue weighted by molar-refractivity contribution is 0.234. The predicted octanol–water partition coefficient (Wildman–Crippen LogP) is 2.50. The summed E-state index contributed by atoms with van der Waals surface area (Å²) in [6.45, 7) is 13.7. The number of hydrogen-bond donors (Lipinski definition) is 1. The summed E-state index contributed by atoms with van der Waals surface area (Å²) < 4.78 is 0. The fourth-order valence-corrected chi connectivity index (χ4v) is 1.63. The van der Waals surface area contributed by atoms with Crippen LogP contribution in [0.4, 0.5) is 0 Å². The van der Waals surface area contributed by atoms with Gasteiger partial charge in [-0.15, -0.1) is 0 Å². The first-order valence-corrected chi connectivity index (χ1v) is 6.17. The Balaban J connectivity index is 3.25. The standard InChI is InChI=1S/C12H28N2/c1-5-7-8-9-13-10-11-14(6-2)12(3)4/h12-13H,5-11H2,1-4H3. The van der Waals surface area contributed by atoms with Crippen molar-refractivity contribution < 1.29 is 0 Å². The highest BCUT2D eigenvalue weighted by atomic mass is 15.2. The molecule has 2 heteroatoms. The Morgan fingerprint density at radius 3 is 2.29 bits per heavy atom. The van der Waals surface area contributed by atoms with Crippen molar-refractivity contribution in [2.24, 2.45) is 0 Å². The highest BCUT2D eigenvalue weighted by Gasteiger charge is 2.04. The molecule has 0 aliphatic heterocycles. The van der Waals surface area contributed by atoms with Crippen LogP contribution in [0.2, 0.25) is 0 Å². The van der Waals surface area contributed by atoms with E-state index >= 15 is 0 Å². The van der Waals surface area contributed by atoms with Crippen LogP contribution in [0, 0.1) is 0 Å². The van der Waals surface area contributed by atoms with Crippen molar-refractivity contribution in [1.82, 2.24) is 10.2 Å². The number of hydrogen-bond acceptors (Lipinski definition) is 2. The van der Waals surface area contributed by atoms with Gasteiger partial charge in [-0.05, 0) is 33.4 Å². The maximum absolute atomic E-state index is 3.50. The van der Waals surface area contributed by atoms with E-state index in [0.717, 1.165) is 13.1 Å². The molecule has 0 radical (unpaired) electrons. The van der Waals surface area contributed by atoms with Crippen molar-refractivity contribution in [2.45, 2.75) is 53.0 Å². The molecule has 0 amide bonds. The Hall–Kier alpha value is -0.0800. The minimum Gasteiger partial charge on any atom is -0.315 e. The smallest absolute Gasteiger partial charge is 0.0109 e. The van der Waals surface area contributed by atoms with Gasteiger partial charge in [0, 0.05) is 19.1 Å². The third-order valence-corrected chi connectivity index (χ3v) is 2.67. The zero-order valence-electron chi connectivity index (χ0n) is 10.5. The summed E-state index contributed by atoms with van der Waals surface area (Å²) in [5, 5.41) is 3.50. The van der Waals surface area contributed by atoms with Gasteiger partial charge < -0.3 is 5.32 Å². The summed E-state index contributed by atoms with van der Waals surface area (Å²) in [4.78, 5) is 2.49. The van der Waals surface area contributed by atoms with Crippen LogP contribution in [0.15, 0.2) is 0 Å². The molecule has 0 aromatic heterocycles. The summed E-state index contributed by atoms with van der Waals surface area (Å²) in [5.41, 5.74) is 0. The van der Waals surface area contributed by atoms with Gasteiger partial charge in [0.2, 0.25) is 0 Å². The van der Waals surface area contributed by atoms with Crippen molar-refractivity contribution in [3.8, 4) is 0 Å². The minimum atomic E-state index is 0.678. The molecule has 0 atom stereocenters. The summed E-state index contributed by atoms with van der Waals surface area (Å²) in [6, 6.07) is 0.678. The molecule has 14 heavy (non-hydrogen) atoms. The molecule has 0 heterocycles. The van der Waals surface area contributed by atoms with Gasteiger partial charge in [-0.25, -0.2) is 0 Å². The average Bonchev–Trinajstić information content (AvgIpc) is 2.16. The molecule has 0 spiro atoms. The molecule has 0 aliphatic rings. The molecule has 0 saturated carbocycles. The van der Waals surface area contributed by atoms with E-state index in [1.807, 2.05) is 0 Å². The fraction of sp³-hybridized carbons (Fsp3) is 1.00. The van der Waals surface area contributed by atoms with E-state index in [1.54, 1.807) is 0 Å². The maximum Gasteiger partial charge on any atom is 0.0109 e. The van der Waals surface area contributed by atoms with Gasteiger partial charge in [0.1, 0.15) is 0 Å². The molecule has 0 fully saturated rings. The van der Waals surface area contributed by atoms with Crippen LogP contribution in [0.5, 0.6) is 0 Å². The highest BCUT2D eigenvalue weighted by molar-refractivity contribution is 4.62. The van der Waals surface area contributed by atoms with Gasteiger partial charge in [0.25, 0.3) is 0 Å². The largest absolute Gasteiger partial charge is 0.315 e. The van der Waals surface area contributed by atoms with E-state index in [9.17, 15) is 0 Å². The summed E-state index contributed by atoms with van der Waals surface area (Å²) >= 11 is 0. The lowest BCUT2D eigenvalue weighted by Gasteiger charge is -2.24. The Morgan fingerprint density at radius 1 is 1.07 bits per heavy atom. The van der Waals surface area contributed by atoms with Crippen molar-refractivity contribution in [3.05, 3.63) is 0 Å². The lowest BCUT2D eigenvalue weighted by atomic mass is 10.2. The minimum absolute atomic E-state index is 0.678. The number of unbranched alkanes of at least 4 members (excludes halogenated alkanes) is 2. The summed E-state index contributed by atoms with van der Waals surface area (Å²) in [5.74, 6) is 0. The van der Waals surface area contributed by atoms with E-state index in [-0.39, 0.29) is 0 Å². The van der Waals surface area contributed by atoms with E-state index < -0.39 is 0 Å². The Morgan fingerprint density at radius 2 is 1.79 bits per heavy atom. The number of nitrogens with one attached hydrogen (secondary N) is 1. The highest BCUT2D eigenvalue weighted by Crippen LogP contribution is 1.95. The third kappa shape index (κ3) is 7.34. The molecule has 0 bridgehead atoms. The summed E-state index contributed by atoms with van der Waals surface area (Å²) in [7, 11) is 0. The average molecular weight is 200 g/mol. The van der Waals surface area contributed by atoms with Crippen LogP contribution in [0.25, 0.3) is 0 Å². The second-order valence-corrected chi connectivity index (χ2v) is 4.18. The van der Waals surface area contributed by atoms with Gasteiger partial charge in [-0.1, -0.05) is 26.7 Å². The molecule has 0 rings (SSSR count). The lowest BCUT2D eigenvalue weighted by Crippen LogP contribution is -2.36. The molecular weight excluding hydrogens is 172 g/mol. The third-order valence-electron chi connectivity index (χ3n) is 2.67. The SMILES string of the molecule is CCCCCNCCN(CC)C(C)C. The van der Waals surface area contributed by atoms with Crippen LogP contribution in [-0.4, -0.2) is 37.1 Å². The molecular formula is C12H28N2. The van der Waals surface area contributed by atoms with Crippen molar-refractivity contribution in [3.63, 3.8) is 0 Å². The van der Waals surface area contributed by atoms with Gasteiger partial charge >= 0.3 is 0 Å². The first-order chi connectivity index (χ1) is 6.72. The van der Waals surface area contributed by atoms with E-state index in [2.05, 4.69) is 37.9 Å². The molecule has 0 aromatic rings. The predicted molar refractivity (Wildman–Crippen MR) is 64.8 cm³/mol. The topological polar surface area (TPSA) is 15.3 Å². The fourth-order valence-electron chi connectivity index (χ4n) is 1.63. The molecule has 2 nitrogen and oxygen atoms in total. The normalized spacial score (nSPS) is 11.6. The molecule has 0 aliphatic carbocycles. The van der Waals surface area contributed by atoms with Crippen LogP contribution < -0.4 is 5.32 Å². The zero-order chi connectivity index (χ0) is 10.8. The van der Waals surface area contributed by atoms with Crippen LogP contribution in [-0.2, 0) is 0 Å². The first kappa shape index (κ1) is 13.9. The zero-order valence-corrected chi connectivity index (χ0v) is 10.5. The van der Waals surface area contributed by atoms with E-state index in [0.29, 0.717) is 6.04 Å². The maximum atomic E-state index is 3.50. The molecule has 1 N–H and O–H groups in total. The van der Waals surface area contributed by atoms with Gasteiger partial charge in [-0.3, -0.25) is 4.90 Å². The second kappa shape index (κ2) is 9.47. The molecule has 0 aromatic carbocycles. The quantitative estimate of drug-likeness (QED) is 0.575. The second-order valence-electron chi connectivity index (χ2n) is 4.18. The number of rotatable bonds is 9. The number of likely N-dealkylation sites (N-methyl/N-ethyl adjacent to an activating group) is 1. The van der Waals surface area contributed by atoms with Crippen LogP contribution in [0.1, 0.15) is 47.0 Å². The van der Waals surface area contributed by atoms with Crippen LogP contribution in [0.3, 0.4) is 0 Å². The summed E-state index contributed by atoms with van der Waals surface area (Å²) in [6.07, 6.45) is 3.99. The first-order valence-electron chi connectivity index (χ1n) is 6.17. The van der Waals surface area contributed by atoms with Gasteiger partial charge in [-0.2, -0.15) is 0 Å². The van der Waals surface area contributed by atoms with Gasteiger partial charge in [0.05, 0.1) is 0 Å². The van der Waals surface area contributed by atoms with E-state index in [1.165, 1.54) is 32.4 Å². The van der Waals surface area contributed by atoms with Crippen molar-refractivity contribution >= 4 is 0 Å². The Labute approximate surface area is 90.1 Å². The monoisotopic (exact) mass is 200 g/mol. The van der Waals surface area contributed by atoms with E-state index in [4.69, 9.17) is 0 Å².